The minimum absolute atomic E-state index is 0. The third kappa shape index (κ3) is 4.05. The third-order valence-electron chi connectivity index (χ3n) is 3.53. The summed E-state index contributed by atoms with van der Waals surface area (Å²) in [6, 6.07) is 9.52. The molecule has 1 aliphatic heterocycles. The Hall–Kier alpha value is -0.460. The van der Waals surface area contributed by atoms with E-state index in [-0.39, 0.29) is 24.3 Å². The number of hydrogen-bond acceptors (Lipinski definition) is 3. The summed E-state index contributed by atoms with van der Waals surface area (Å²) in [5, 5.41) is 5.45. The Bertz CT molecular complexity index is 553. The summed E-state index contributed by atoms with van der Waals surface area (Å²) < 4.78 is 14.5. The molecule has 114 valence electrons. The van der Waals surface area contributed by atoms with Gasteiger partial charge in [0.15, 0.2) is 0 Å². The van der Waals surface area contributed by atoms with Crippen molar-refractivity contribution in [3.05, 3.63) is 56.4 Å². The summed E-state index contributed by atoms with van der Waals surface area (Å²) in [4.78, 5) is 3.69. The van der Waals surface area contributed by atoms with Crippen LogP contribution in [0.3, 0.4) is 0 Å². The third-order valence-corrected chi connectivity index (χ3v) is 4.91. The van der Waals surface area contributed by atoms with Crippen molar-refractivity contribution in [3.8, 4) is 0 Å². The van der Waals surface area contributed by atoms with Crippen LogP contribution in [0.25, 0.3) is 0 Å². The van der Waals surface area contributed by atoms with Crippen molar-refractivity contribution < 1.29 is 4.39 Å². The number of benzene rings is 1. The number of nitrogens with zero attached hydrogens (tertiary/aromatic N) is 1. The van der Waals surface area contributed by atoms with Gasteiger partial charge in [-0.2, -0.15) is 0 Å². The first-order valence-corrected chi connectivity index (χ1v) is 8.35. The Morgan fingerprint density at radius 3 is 2.62 bits per heavy atom. The first-order valence-electron chi connectivity index (χ1n) is 6.68. The lowest BCUT2D eigenvalue weighted by molar-refractivity contribution is 0.200. The molecule has 1 aromatic heterocycles. The van der Waals surface area contributed by atoms with Gasteiger partial charge in [0, 0.05) is 35.5 Å². The van der Waals surface area contributed by atoms with Gasteiger partial charge in [0.2, 0.25) is 0 Å². The van der Waals surface area contributed by atoms with E-state index < -0.39 is 0 Å². The number of halogens is 3. The highest BCUT2D eigenvalue weighted by Crippen LogP contribution is 2.33. The molecule has 3 rings (SSSR count). The van der Waals surface area contributed by atoms with Crippen LogP contribution in [0.1, 0.15) is 16.5 Å². The van der Waals surface area contributed by atoms with E-state index in [1.54, 1.807) is 17.4 Å². The quantitative estimate of drug-likeness (QED) is 0.848. The highest BCUT2D eigenvalue weighted by molar-refractivity contribution is 9.10. The predicted octanol–water partition coefficient (Wildman–Crippen LogP) is 4.07. The summed E-state index contributed by atoms with van der Waals surface area (Å²) in [6.07, 6.45) is 0. The fraction of sp³-hybridized carbons (Fsp3) is 0.333. The van der Waals surface area contributed by atoms with Gasteiger partial charge in [0.05, 0.1) is 6.04 Å². The highest BCUT2D eigenvalue weighted by Gasteiger charge is 2.25. The zero-order valence-electron chi connectivity index (χ0n) is 11.4. The van der Waals surface area contributed by atoms with Crippen molar-refractivity contribution in [2.45, 2.75) is 6.04 Å². The molecule has 1 saturated heterocycles. The summed E-state index contributed by atoms with van der Waals surface area (Å²) in [5.74, 6) is -0.189. The molecule has 1 aromatic carbocycles. The van der Waals surface area contributed by atoms with Crippen molar-refractivity contribution in [3.63, 3.8) is 0 Å². The lowest BCUT2D eigenvalue weighted by Crippen LogP contribution is -2.45. The second kappa shape index (κ2) is 7.70. The van der Waals surface area contributed by atoms with Crippen molar-refractivity contribution in [2.24, 2.45) is 0 Å². The van der Waals surface area contributed by atoms with Gasteiger partial charge in [0.25, 0.3) is 0 Å². The molecular formula is C15H17BrClFN2S. The number of hydrogen-bond donors (Lipinski definition) is 1. The molecule has 1 atom stereocenters. The fourth-order valence-electron chi connectivity index (χ4n) is 2.68. The van der Waals surface area contributed by atoms with E-state index in [0.29, 0.717) is 0 Å². The number of rotatable bonds is 3. The maximum absolute atomic E-state index is 13.7. The summed E-state index contributed by atoms with van der Waals surface area (Å²) in [6.45, 7) is 3.93. The zero-order chi connectivity index (χ0) is 13.9. The average molecular weight is 392 g/mol. The minimum atomic E-state index is -0.189. The van der Waals surface area contributed by atoms with Gasteiger partial charge in [-0.25, -0.2) is 4.39 Å². The molecule has 0 amide bonds. The average Bonchev–Trinajstić information content (AvgIpc) is 2.93. The summed E-state index contributed by atoms with van der Waals surface area (Å²) in [5.41, 5.74) is 1.02. The molecule has 1 aliphatic rings. The van der Waals surface area contributed by atoms with Crippen LogP contribution in [0.4, 0.5) is 4.39 Å². The van der Waals surface area contributed by atoms with Crippen molar-refractivity contribution in [1.29, 1.82) is 0 Å². The van der Waals surface area contributed by atoms with E-state index in [1.807, 2.05) is 6.07 Å². The Morgan fingerprint density at radius 1 is 1.24 bits per heavy atom. The topological polar surface area (TPSA) is 15.3 Å². The van der Waals surface area contributed by atoms with E-state index >= 15 is 0 Å². The second-order valence-electron chi connectivity index (χ2n) is 4.91. The molecule has 6 heteroatoms. The second-order valence-corrected chi connectivity index (χ2v) is 6.80. The van der Waals surface area contributed by atoms with E-state index in [4.69, 9.17) is 0 Å². The van der Waals surface area contributed by atoms with Crippen LogP contribution < -0.4 is 5.32 Å². The first kappa shape index (κ1) is 16.9. The van der Waals surface area contributed by atoms with Crippen molar-refractivity contribution in [1.82, 2.24) is 10.2 Å². The predicted molar refractivity (Wildman–Crippen MR) is 92.0 cm³/mol. The van der Waals surface area contributed by atoms with Crippen LogP contribution in [0, 0.1) is 5.82 Å². The molecule has 0 aliphatic carbocycles. The molecule has 0 bridgehead atoms. The molecule has 1 fully saturated rings. The molecule has 2 aromatic rings. The Morgan fingerprint density at radius 2 is 2.00 bits per heavy atom. The van der Waals surface area contributed by atoms with E-state index in [1.165, 1.54) is 10.9 Å². The Labute approximate surface area is 142 Å². The highest BCUT2D eigenvalue weighted by atomic mass is 79.9. The molecule has 1 N–H and O–H groups in total. The lowest BCUT2D eigenvalue weighted by Gasteiger charge is -2.34. The normalized spacial score (nSPS) is 17.2. The standard InChI is InChI=1S/C15H16BrFN2S.ClH/c16-12-8-11(9-13(17)10-12)15(14-2-1-7-20-14)19-5-3-18-4-6-19;/h1-2,7-10,15,18H,3-6H2;1H/t15-;/m0./s1. The number of thiophene rings is 1. The van der Waals surface area contributed by atoms with E-state index in [0.717, 1.165) is 36.2 Å². The van der Waals surface area contributed by atoms with Crippen LogP contribution in [-0.4, -0.2) is 31.1 Å². The summed E-state index contributed by atoms with van der Waals surface area (Å²) >= 11 is 5.13. The molecule has 2 heterocycles. The first-order chi connectivity index (χ1) is 9.74. The van der Waals surface area contributed by atoms with Crippen LogP contribution in [0.2, 0.25) is 0 Å². The van der Waals surface area contributed by atoms with Crippen LogP contribution in [0.5, 0.6) is 0 Å². The lowest BCUT2D eigenvalue weighted by atomic mass is 10.0. The molecule has 0 saturated carbocycles. The fourth-order valence-corrected chi connectivity index (χ4v) is 4.04. The van der Waals surface area contributed by atoms with Gasteiger partial charge in [-0.05, 0) is 35.2 Å². The number of piperazine rings is 1. The molecule has 2 nitrogen and oxygen atoms in total. The maximum atomic E-state index is 13.7. The SMILES string of the molecule is Cl.Fc1cc(Br)cc([C@@H](c2cccs2)N2CCNCC2)c1. The van der Waals surface area contributed by atoms with Gasteiger partial charge >= 0.3 is 0 Å². The minimum Gasteiger partial charge on any atom is -0.314 e. The van der Waals surface area contributed by atoms with Crippen molar-refractivity contribution in [2.75, 3.05) is 26.2 Å². The van der Waals surface area contributed by atoms with Crippen LogP contribution >= 0.6 is 39.7 Å². The molecule has 0 unspecified atom stereocenters. The smallest absolute Gasteiger partial charge is 0.124 e. The van der Waals surface area contributed by atoms with Gasteiger partial charge in [-0.15, -0.1) is 23.7 Å². The van der Waals surface area contributed by atoms with Gasteiger partial charge in [0.1, 0.15) is 5.82 Å². The monoisotopic (exact) mass is 390 g/mol. The number of nitrogens with one attached hydrogen (secondary N) is 1. The zero-order valence-corrected chi connectivity index (χ0v) is 14.6. The molecule has 21 heavy (non-hydrogen) atoms. The van der Waals surface area contributed by atoms with E-state index in [2.05, 4.69) is 43.7 Å². The Balaban J connectivity index is 0.00000161. The van der Waals surface area contributed by atoms with Crippen LogP contribution in [-0.2, 0) is 0 Å². The molecule has 0 spiro atoms. The Kier molecular flexibility index (Phi) is 6.20. The van der Waals surface area contributed by atoms with Gasteiger partial charge in [-0.1, -0.05) is 22.0 Å². The van der Waals surface area contributed by atoms with Crippen molar-refractivity contribution >= 4 is 39.7 Å². The van der Waals surface area contributed by atoms with Gasteiger partial charge in [-0.3, -0.25) is 4.90 Å². The largest absolute Gasteiger partial charge is 0.314 e. The van der Waals surface area contributed by atoms with Gasteiger partial charge < -0.3 is 5.32 Å². The maximum Gasteiger partial charge on any atom is 0.124 e. The van der Waals surface area contributed by atoms with E-state index in [9.17, 15) is 4.39 Å². The summed E-state index contributed by atoms with van der Waals surface area (Å²) in [7, 11) is 0. The molecule has 0 radical (unpaired) electrons. The van der Waals surface area contributed by atoms with Crippen LogP contribution in [0.15, 0.2) is 40.2 Å². The molecular weight excluding hydrogens is 375 g/mol.